The van der Waals surface area contributed by atoms with Crippen LogP contribution >= 0.6 is 11.6 Å². The molecule has 11 heteroatoms. The van der Waals surface area contributed by atoms with Gasteiger partial charge in [0.25, 0.3) is 0 Å². The van der Waals surface area contributed by atoms with Crippen LogP contribution in [-0.4, -0.2) is 35.0 Å². The molecular formula is C8H6ClF8NO. The van der Waals surface area contributed by atoms with Gasteiger partial charge >= 0.3 is 23.1 Å². The molecule has 1 aliphatic heterocycles. The van der Waals surface area contributed by atoms with E-state index >= 15 is 0 Å². The van der Waals surface area contributed by atoms with Crippen LogP contribution in [0.1, 0.15) is 13.3 Å². The van der Waals surface area contributed by atoms with Crippen molar-refractivity contribution in [1.82, 2.24) is 0 Å². The second-order valence-electron chi connectivity index (χ2n) is 3.89. The van der Waals surface area contributed by atoms with Crippen LogP contribution in [0, 0.1) is 0 Å². The van der Waals surface area contributed by atoms with Crippen LogP contribution in [0.3, 0.4) is 0 Å². The summed E-state index contributed by atoms with van der Waals surface area (Å²) < 4.78 is 103. The quantitative estimate of drug-likeness (QED) is 0.569. The maximum absolute atomic E-state index is 13.3. The van der Waals surface area contributed by atoms with Crippen molar-refractivity contribution in [2.24, 2.45) is 5.16 Å². The van der Waals surface area contributed by atoms with Gasteiger partial charge in [0.15, 0.2) is 0 Å². The normalized spacial score (nSPS) is 22.2. The van der Waals surface area contributed by atoms with Crippen molar-refractivity contribution in [3.63, 3.8) is 0 Å². The highest BCUT2D eigenvalue weighted by atomic mass is 35.5. The van der Waals surface area contributed by atoms with Gasteiger partial charge < -0.3 is 4.84 Å². The highest BCUT2D eigenvalue weighted by Gasteiger charge is 2.82. The summed E-state index contributed by atoms with van der Waals surface area (Å²) in [4.78, 5) is 3.86. The molecule has 0 saturated carbocycles. The monoisotopic (exact) mass is 319 g/mol. The molecule has 0 fully saturated rings. The summed E-state index contributed by atoms with van der Waals surface area (Å²) in [6.45, 7) is 1.11. The van der Waals surface area contributed by atoms with Gasteiger partial charge in [-0.1, -0.05) is 5.16 Å². The molecule has 0 aromatic carbocycles. The number of alkyl halides is 9. The molecule has 0 saturated heterocycles. The number of nitrogens with zero attached hydrogens (tertiary/aromatic N) is 1. The second kappa shape index (κ2) is 4.35. The van der Waals surface area contributed by atoms with E-state index in [0.29, 0.717) is 0 Å². The van der Waals surface area contributed by atoms with Crippen molar-refractivity contribution in [3.05, 3.63) is 0 Å². The van der Waals surface area contributed by atoms with Crippen molar-refractivity contribution in [1.29, 1.82) is 0 Å². The molecule has 0 radical (unpaired) electrons. The van der Waals surface area contributed by atoms with E-state index in [1.807, 2.05) is 0 Å². The minimum atomic E-state index is -6.47. The van der Waals surface area contributed by atoms with Crippen LogP contribution in [0.2, 0.25) is 0 Å². The molecule has 1 aliphatic rings. The fourth-order valence-electron chi connectivity index (χ4n) is 1.28. The minimum Gasteiger partial charge on any atom is -0.385 e. The Morgan fingerprint density at radius 3 is 1.84 bits per heavy atom. The van der Waals surface area contributed by atoms with Gasteiger partial charge in [0, 0.05) is 6.42 Å². The number of rotatable bonds is 4. The summed E-state index contributed by atoms with van der Waals surface area (Å²) in [5.41, 5.74) is -0.165. The Bertz CT molecular complexity index is 391. The van der Waals surface area contributed by atoms with Crippen LogP contribution < -0.4 is 0 Å². The first-order valence-electron chi connectivity index (χ1n) is 4.64. The number of hydrogen-bond acceptors (Lipinski definition) is 2. The topological polar surface area (TPSA) is 21.6 Å². The molecule has 1 rings (SSSR count). The molecule has 1 heterocycles. The Labute approximate surface area is 106 Å². The van der Waals surface area contributed by atoms with E-state index < -0.39 is 35.7 Å². The van der Waals surface area contributed by atoms with Crippen molar-refractivity contribution in [2.75, 3.05) is 0 Å². The van der Waals surface area contributed by atoms with E-state index in [0.717, 1.165) is 6.92 Å². The summed E-state index contributed by atoms with van der Waals surface area (Å²) >= 11 is 3.78. The van der Waals surface area contributed by atoms with Gasteiger partial charge in [0.2, 0.25) is 6.10 Å². The predicted molar refractivity (Wildman–Crippen MR) is 48.2 cm³/mol. The zero-order chi connectivity index (χ0) is 15.3. The van der Waals surface area contributed by atoms with Crippen LogP contribution in [0.5, 0.6) is 0 Å². The number of halogens is 9. The molecule has 1 unspecified atom stereocenters. The smallest absolute Gasteiger partial charge is 0.385 e. The Hall–Kier alpha value is -0.800. The largest absolute Gasteiger partial charge is 0.392 e. The lowest BCUT2D eigenvalue weighted by Crippen LogP contribution is -2.64. The summed E-state index contributed by atoms with van der Waals surface area (Å²) in [5.74, 6) is -18.5. The Morgan fingerprint density at radius 2 is 1.53 bits per heavy atom. The second-order valence-corrected chi connectivity index (χ2v) is 4.37. The Kier molecular flexibility index (Phi) is 3.72. The lowest BCUT2D eigenvalue weighted by atomic mass is 9.97. The molecule has 112 valence electrons. The standard InChI is InChI=1S/C8H6ClF8NO/c1-3-2-4(19-18-3)5(10,11)6(12,13)7(14,15)8(9,16)17/h4H,2H2,1H3. The Balaban J connectivity index is 3.11. The van der Waals surface area contributed by atoms with E-state index in [4.69, 9.17) is 0 Å². The average Bonchev–Trinajstić information content (AvgIpc) is 2.63. The van der Waals surface area contributed by atoms with Crippen LogP contribution in [-0.2, 0) is 4.84 Å². The van der Waals surface area contributed by atoms with Crippen molar-refractivity contribution < 1.29 is 40.0 Å². The van der Waals surface area contributed by atoms with E-state index in [2.05, 4.69) is 21.6 Å². The van der Waals surface area contributed by atoms with Crippen LogP contribution in [0.4, 0.5) is 35.1 Å². The average molecular weight is 320 g/mol. The minimum absolute atomic E-state index is 0.165. The lowest BCUT2D eigenvalue weighted by Gasteiger charge is -2.35. The molecule has 0 aromatic heterocycles. The Morgan fingerprint density at radius 1 is 1.05 bits per heavy atom. The van der Waals surface area contributed by atoms with Gasteiger partial charge in [-0.15, -0.1) is 0 Å². The summed E-state index contributed by atoms with van der Waals surface area (Å²) in [6, 6.07) is 0. The first-order valence-corrected chi connectivity index (χ1v) is 5.02. The third-order valence-corrected chi connectivity index (χ3v) is 2.63. The molecule has 2 nitrogen and oxygen atoms in total. The predicted octanol–water partition coefficient (Wildman–Crippen LogP) is 3.89. The molecular weight excluding hydrogens is 314 g/mol. The van der Waals surface area contributed by atoms with E-state index in [1.165, 1.54) is 0 Å². The van der Waals surface area contributed by atoms with Gasteiger partial charge in [0.1, 0.15) is 0 Å². The summed E-state index contributed by atoms with van der Waals surface area (Å²) in [7, 11) is 0. The van der Waals surface area contributed by atoms with Crippen LogP contribution in [0.15, 0.2) is 5.16 Å². The first-order chi connectivity index (χ1) is 8.25. The lowest BCUT2D eigenvalue weighted by molar-refractivity contribution is -0.365. The highest BCUT2D eigenvalue weighted by molar-refractivity contribution is 6.22. The molecule has 0 amide bonds. The van der Waals surface area contributed by atoms with Gasteiger partial charge in [0.05, 0.1) is 5.71 Å². The van der Waals surface area contributed by atoms with Crippen molar-refractivity contribution >= 4 is 17.3 Å². The van der Waals surface area contributed by atoms with Gasteiger partial charge in [-0.25, -0.2) is 0 Å². The molecule has 0 spiro atoms. The molecule has 0 aliphatic carbocycles. The molecule has 0 N–H and O–H groups in total. The van der Waals surface area contributed by atoms with E-state index in [1.54, 1.807) is 0 Å². The van der Waals surface area contributed by atoms with Crippen molar-refractivity contribution in [2.45, 2.75) is 42.6 Å². The summed E-state index contributed by atoms with van der Waals surface area (Å²) in [6.07, 6.45) is -3.67. The van der Waals surface area contributed by atoms with Gasteiger partial charge in [-0.05, 0) is 18.5 Å². The molecule has 1 atom stereocenters. The summed E-state index contributed by atoms with van der Waals surface area (Å²) in [5, 5.41) is -2.97. The molecule has 19 heavy (non-hydrogen) atoms. The van der Waals surface area contributed by atoms with E-state index in [-0.39, 0.29) is 5.71 Å². The third kappa shape index (κ3) is 2.34. The zero-order valence-corrected chi connectivity index (χ0v) is 9.80. The zero-order valence-electron chi connectivity index (χ0n) is 9.04. The van der Waals surface area contributed by atoms with E-state index in [9.17, 15) is 35.1 Å². The first kappa shape index (κ1) is 16.3. The van der Waals surface area contributed by atoms with Gasteiger partial charge in [-0.2, -0.15) is 35.1 Å². The SMILES string of the molecule is CC1=NOC(C(F)(F)C(F)(F)C(F)(F)C(F)(F)Cl)C1. The maximum atomic E-state index is 13.3. The maximum Gasteiger partial charge on any atom is 0.392 e. The number of oxime groups is 1. The van der Waals surface area contributed by atoms with Crippen LogP contribution in [0.25, 0.3) is 0 Å². The fraction of sp³-hybridized carbons (Fsp3) is 0.875. The van der Waals surface area contributed by atoms with Crippen molar-refractivity contribution in [3.8, 4) is 0 Å². The molecule has 0 bridgehead atoms. The highest BCUT2D eigenvalue weighted by Crippen LogP contribution is 2.55. The fourth-order valence-corrected chi connectivity index (χ4v) is 1.40. The molecule has 0 aromatic rings. The van der Waals surface area contributed by atoms with Gasteiger partial charge in [-0.3, -0.25) is 0 Å². The third-order valence-electron chi connectivity index (χ3n) is 2.39. The number of hydrogen-bond donors (Lipinski definition) is 0.